The number of methoxy groups -OCH3 is 1. The number of hydrogen-bond donors (Lipinski definition) is 1. The standard InChI is InChI=1S/C13H21NO2/c1-4-9-14-12(13(15)16-3)11-7-5-10(2)6-8-11/h1,10-12,14H,5-9H2,2-3H3. The van der Waals surface area contributed by atoms with E-state index in [1.54, 1.807) is 0 Å². The first kappa shape index (κ1) is 13.1. The molecular formula is C13H21NO2. The van der Waals surface area contributed by atoms with E-state index in [-0.39, 0.29) is 12.0 Å². The zero-order chi connectivity index (χ0) is 12.0. The fourth-order valence-electron chi connectivity index (χ4n) is 2.36. The van der Waals surface area contributed by atoms with Gasteiger partial charge < -0.3 is 4.74 Å². The highest BCUT2D eigenvalue weighted by Gasteiger charge is 2.31. The summed E-state index contributed by atoms with van der Waals surface area (Å²) in [4.78, 5) is 11.6. The molecule has 0 saturated heterocycles. The average Bonchev–Trinajstić information content (AvgIpc) is 2.31. The summed E-state index contributed by atoms with van der Waals surface area (Å²) < 4.78 is 4.82. The van der Waals surface area contributed by atoms with Gasteiger partial charge in [-0.1, -0.05) is 25.7 Å². The van der Waals surface area contributed by atoms with Gasteiger partial charge in [-0.2, -0.15) is 0 Å². The highest BCUT2D eigenvalue weighted by atomic mass is 16.5. The van der Waals surface area contributed by atoms with Crippen molar-refractivity contribution in [2.24, 2.45) is 11.8 Å². The molecule has 0 amide bonds. The van der Waals surface area contributed by atoms with Crippen molar-refractivity contribution >= 4 is 5.97 Å². The van der Waals surface area contributed by atoms with E-state index in [1.165, 1.54) is 20.0 Å². The lowest BCUT2D eigenvalue weighted by atomic mass is 9.79. The molecule has 3 heteroatoms. The van der Waals surface area contributed by atoms with Crippen LogP contribution in [0.1, 0.15) is 32.6 Å². The molecule has 0 aromatic heterocycles. The molecule has 0 aromatic rings. The minimum atomic E-state index is -0.228. The summed E-state index contributed by atoms with van der Waals surface area (Å²) in [7, 11) is 1.43. The number of ether oxygens (including phenoxy) is 1. The van der Waals surface area contributed by atoms with Crippen molar-refractivity contribution in [3.8, 4) is 12.3 Å². The molecule has 0 radical (unpaired) electrons. The van der Waals surface area contributed by atoms with E-state index in [0.717, 1.165) is 18.8 Å². The zero-order valence-electron chi connectivity index (χ0n) is 10.2. The van der Waals surface area contributed by atoms with Crippen LogP contribution in [-0.2, 0) is 9.53 Å². The highest BCUT2D eigenvalue weighted by molar-refractivity contribution is 5.76. The fourth-order valence-corrected chi connectivity index (χ4v) is 2.36. The minimum absolute atomic E-state index is 0.185. The van der Waals surface area contributed by atoms with Gasteiger partial charge in [-0.05, 0) is 24.7 Å². The molecule has 1 fully saturated rings. The van der Waals surface area contributed by atoms with Gasteiger partial charge in [-0.25, -0.2) is 0 Å². The van der Waals surface area contributed by atoms with Gasteiger partial charge in [0.05, 0.1) is 13.7 Å². The number of nitrogens with one attached hydrogen (secondary N) is 1. The van der Waals surface area contributed by atoms with E-state index in [9.17, 15) is 4.79 Å². The molecule has 1 rings (SSSR count). The Bertz CT molecular complexity index is 262. The van der Waals surface area contributed by atoms with Crippen LogP contribution in [0.2, 0.25) is 0 Å². The maximum Gasteiger partial charge on any atom is 0.323 e. The van der Waals surface area contributed by atoms with Crippen molar-refractivity contribution < 1.29 is 9.53 Å². The Morgan fingerprint density at radius 3 is 2.62 bits per heavy atom. The first-order valence-electron chi connectivity index (χ1n) is 5.93. The van der Waals surface area contributed by atoms with E-state index >= 15 is 0 Å². The van der Waals surface area contributed by atoms with E-state index in [4.69, 9.17) is 11.2 Å². The van der Waals surface area contributed by atoms with Crippen molar-refractivity contribution in [2.75, 3.05) is 13.7 Å². The number of hydrogen-bond acceptors (Lipinski definition) is 3. The van der Waals surface area contributed by atoms with Crippen LogP contribution in [0.3, 0.4) is 0 Å². The Kier molecular flexibility index (Phi) is 5.34. The molecule has 0 aromatic carbocycles. The maximum absolute atomic E-state index is 11.6. The lowest BCUT2D eigenvalue weighted by Gasteiger charge is -2.31. The summed E-state index contributed by atoms with van der Waals surface area (Å²) in [5.41, 5.74) is 0. The number of rotatable bonds is 4. The van der Waals surface area contributed by atoms with Crippen molar-refractivity contribution in [3.63, 3.8) is 0 Å². The van der Waals surface area contributed by atoms with E-state index in [0.29, 0.717) is 12.5 Å². The monoisotopic (exact) mass is 223 g/mol. The molecule has 0 bridgehead atoms. The molecule has 1 aliphatic rings. The third-order valence-electron chi connectivity index (χ3n) is 3.41. The van der Waals surface area contributed by atoms with Gasteiger partial charge in [-0.3, -0.25) is 10.1 Å². The average molecular weight is 223 g/mol. The van der Waals surface area contributed by atoms with Crippen molar-refractivity contribution in [2.45, 2.75) is 38.6 Å². The normalized spacial score (nSPS) is 26.8. The van der Waals surface area contributed by atoms with Crippen LogP contribution >= 0.6 is 0 Å². The summed E-state index contributed by atoms with van der Waals surface area (Å²) in [5, 5.41) is 3.09. The van der Waals surface area contributed by atoms with Crippen LogP contribution in [0.5, 0.6) is 0 Å². The van der Waals surface area contributed by atoms with Crippen LogP contribution in [0.4, 0.5) is 0 Å². The number of carbonyl (C=O) groups is 1. The molecule has 1 saturated carbocycles. The molecule has 0 aliphatic heterocycles. The topological polar surface area (TPSA) is 38.3 Å². The van der Waals surface area contributed by atoms with Gasteiger partial charge >= 0.3 is 5.97 Å². The molecule has 0 spiro atoms. The van der Waals surface area contributed by atoms with E-state index < -0.39 is 0 Å². The Labute approximate surface area is 97.9 Å². The van der Waals surface area contributed by atoms with Gasteiger partial charge in [0.2, 0.25) is 0 Å². The molecule has 1 aliphatic carbocycles. The first-order chi connectivity index (χ1) is 7.69. The van der Waals surface area contributed by atoms with Gasteiger partial charge in [-0.15, -0.1) is 6.42 Å². The van der Waals surface area contributed by atoms with Crippen LogP contribution in [0.15, 0.2) is 0 Å². The molecule has 1 unspecified atom stereocenters. The van der Waals surface area contributed by atoms with Gasteiger partial charge in [0, 0.05) is 0 Å². The van der Waals surface area contributed by atoms with Crippen LogP contribution in [0, 0.1) is 24.2 Å². The van der Waals surface area contributed by atoms with Gasteiger partial charge in [0.1, 0.15) is 6.04 Å². The molecule has 90 valence electrons. The zero-order valence-corrected chi connectivity index (χ0v) is 10.2. The number of carbonyl (C=O) groups excluding carboxylic acids is 1. The fraction of sp³-hybridized carbons (Fsp3) is 0.769. The van der Waals surface area contributed by atoms with Crippen LogP contribution in [0.25, 0.3) is 0 Å². The maximum atomic E-state index is 11.6. The smallest absolute Gasteiger partial charge is 0.323 e. The second-order valence-electron chi connectivity index (χ2n) is 4.61. The Hall–Kier alpha value is -1.01. The number of esters is 1. The minimum Gasteiger partial charge on any atom is -0.468 e. The Morgan fingerprint density at radius 2 is 2.12 bits per heavy atom. The van der Waals surface area contributed by atoms with Gasteiger partial charge in [0.15, 0.2) is 0 Å². The summed E-state index contributed by atoms with van der Waals surface area (Å²) >= 11 is 0. The van der Waals surface area contributed by atoms with Crippen molar-refractivity contribution in [1.82, 2.24) is 5.32 Å². The van der Waals surface area contributed by atoms with E-state index in [1.807, 2.05) is 0 Å². The number of terminal acetylenes is 1. The molecule has 1 N–H and O–H groups in total. The van der Waals surface area contributed by atoms with E-state index in [2.05, 4.69) is 18.2 Å². The third-order valence-corrected chi connectivity index (χ3v) is 3.41. The van der Waals surface area contributed by atoms with Crippen molar-refractivity contribution in [3.05, 3.63) is 0 Å². The summed E-state index contributed by atoms with van der Waals surface area (Å²) in [5.74, 6) is 3.47. The quantitative estimate of drug-likeness (QED) is 0.581. The van der Waals surface area contributed by atoms with Crippen molar-refractivity contribution in [1.29, 1.82) is 0 Å². The molecular weight excluding hydrogens is 202 g/mol. The molecule has 3 nitrogen and oxygen atoms in total. The van der Waals surface area contributed by atoms with Gasteiger partial charge in [0.25, 0.3) is 0 Å². The predicted octanol–water partition coefficient (Wildman–Crippen LogP) is 1.58. The lowest BCUT2D eigenvalue weighted by Crippen LogP contribution is -2.44. The molecule has 16 heavy (non-hydrogen) atoms. The highest BCUT2D eigenvalue weighted by Crippen LogP contribution is 2.30. The summed E-state index contributed by atoms with van der Waals surface area (Å²) in [6.45, 7) is 2.68. The Balaban J connectivity index is 2.54. The second kappa shape index (κ2) is 6.55. The first-order valence-corrected chi connectivity index (χ1v) is 5.93. The summed E-state index contributed by atoms with van der Waals surface area (Å²) in [6, 6.07) is -0.228. The lowest BCUT2D eigenvalue weighted by molar-refractivity contribution is -0.145. The van der Waals surface area contributed by atoms with Crippen LogP contribution in [-0.4, -0.2) is 25.7 Å². The molecule has 1 atom stereocenters. The van der Waals surface area contributed by atoms with Crippen LogP contribution < -0.4 is 5.32 Å². The predicted molar refractivity (Wildman–Crippen MR) is 63.8 cm³/mol. The summed E-state index contributed by atoms with van der Waals surface area (Å²) in [6.07, 6.45) is 9.75. The third kappa shape index (κ3) is 3.53. The SMILES string of the molecule is C#CCNC(C(=O)OC)C1CCC(C)CC1. The Morgan fingerprint density at radius 1 is 1.50 bits per heavy atom. The second-order valence-corrected chi connectivity index (χ2v) is 4.61. The molecule has 0 heterocycles. The largest absolute Gasteiger partial charge is 0.468 e.